The van der Waals surface area contributed by atoms with E-state index in [1.165, 1.54) is 19.2 Å². The van der Waals surface area contributed by atoms with Gasteiger partial charge in [-0.2, -0.15) is 0 Å². The highest BCUT2D eigenvalue weighted by Crippen LogP contribution is 2.28. The molecule has 0 saturated carbocycles. The molecule has 0 fully saturated rings. The summed E-state index contributed by atoms with van der Waals surface area (Å²) in [6, 6.07) is 11.6. The number of hydrogen-bond acceptors (Lipinski definition) is 4. The van der Waals surface area contributed by atoms with Gasteiger partial charge in [0.05, 0.1) is 23.1 Å². The predicted molar refractivity (Wildman–Crippen MR) is 97.0 cm³/mol. The molecule has 24 heavy (non-hydrogen) atoms. The van der Waals surface area contributed by atoms with E-state index in [1.54, 1.807) is 13.0 Å². The first-order valence-corrected chi connectivity index (χ1v) is 9.73. The van der Waals surface area contributed by atoms with Gasteiger partial charge in [0, 0.05) is 6.04 Å². The van der Waals surface area contributed by atoms with Crippen LogP contribution in [-0.2, 0) is 10.0 Å². The minimum atomic E-state index is -3.64. The first-order valence-electron chi connectivity index (χ1n) is 7.46. The van der Waals surface area contributed by atoms with Crippen LogP contribution in [0.15, 0.2) is 51.8 Å². The Balaban J connectivity index is 2.17. The van der Waals surface area contributed by atoms with Crippen molar-refractivity contribution in [1.29, 1.82) is 0 Å². The van der Waals surface area contributed by atoms with E-state index in [1.807, 2.05) is 31.2 Å². The van der Waals surface area contributed by atoms with Crippen LogP contribution in [-0.4, -0.2) is 22.1 Å². The molecule has 1 atom stereocenters. The van der Waals surface area contributed by atoms with Gasteiger partial charge in [0.25, 0.3) is 0 Å². The molecule has 0 aliphatic carbocycles. The van der Waals surface area contributed by atoms with E-state index in [9.17, 15) is 8.42 Å². The largest absolute Gasteiger partial charge is 0.496 e. The maximum absolute atomic E-state index is 12.5. The lowest BCUT2D eigenvalue weighted by molar-refractivity contribution is 0.340. The van der Waals surface area contributed by atoms with E-state index in [0.29, 0.717) is 16.8 Å². The summed E-state index contributed by atoms with van der Waals surface area (Å²) in [6.45, 7) is 4.30. The smallest absolute Gasteiger partial charge is 0.241 e. The summed E-state index contributed by atoms with van der Waals surface area (Å²) in [5.41, 5.74) is 0.856. The van der Waals surface area contributed by atoms with Crippen molar-refractivity contribution >= 4 is 26.0 Å². The fourth-order valence-corrected chi connectivity index (χ4v) is 4.15. The van der Waals surface area contributed by atoms with Gasteiger partial charge in [0.15, 0.2) is 0 Å². The lowest BCUT2D eigenvalue weighted by Gasteiger charge is -2.16. The minimum Gasteiger partial charge on any atom is -0.496 e. The molecular formula is C17H20BrNO4S. The average Bonchev–Trinajstić information content (AvgIpc) is 2.55. The number of benzene rings is 2. The Morgan fingerprint density at radius 3 is 2.38 bits per heavy atom. The zero-order valence-electron chi connectivity index (χ0n) is 13.7. The Bertz CT molecular complexity index is 791. The van der Waals surface area contributed by atoms with Crippen molar-refractivity contribution in [3.63, 3.8) is 0 Å². The van der Waals surface area contributed by atoms with Crippen molar-refractivity contribution in [3.05, 3.63) is 52.5 Å². The Labute approximate surface area is 151 Å². The molecule has 0 amide bonds. The quantitative estimate of drug-likeness (QED) is 0.747. The molecule has 0 radical (unpaired) electrons. The molecule has 2 aromatic carbocycles. The number of methoxy groups -OCH3 is 1. The fraction of sp³-hybridized carbons (Fsp3) is 0.294. The SMILES string of the molecule is CCOc1ccc([C@@H](C)NS(=O)(=O)c2ccc(OC)c(Br)c2)cc1. The number of rotatable bonds is 7. The third-order valence-corrected chi connectivity index (χ3v) is 5.61. The van der Waals surface area contributed by atoms with Crippen molar-refractivity contribution in [2.75, 3.05) is 13.7 Å². The highest BCUT2D eigenvalue weighted by Gasteiger charge is 2.19. The Hall–Kier alpha value is -1.57. The van der Waals surface area contributed by atoms with Crippen molar-refractivity contribution in [1.82, 2.24) is 4.72 Å². The number of halogens is 1. The lowest BCUT2D eigenvalue weighted by Crippen LogP contribution is -2.26. The topological polar surface area (TPSA) is 64.6 Å². The summed E-state index contributed by atoms with van der Waals surface area (Å²) in [5, 5.41) is 0. The minimum absolute atomic E-state index is 0.174. The summed E-state index contributed by atoms with van der Waals surface area (Å²) < 4.78 is 38.8. The molecular weight excluding hydrogens is 394 g/mol. The molecule has 2 aromatic rings. The Kier molecular flexibility index (Phi) is 6.26. The summed E-state index contributed by atoms with van der Waals surface area (Å²) in [4.78, 5) is 0.174. The normalized spacial score (nSPS) is 12.7. The molecule has 0 heterocycles. The number of nitrogens with one attached hydrogen (secondary N) is 1. The van der Waals surface area contributed by atoms with Gasteiger partial charge in [-0.3, -0.25) is 0 Å². The van der Waals surface area contributed by atoms with Crippen LogP contribution in [0, 0.1) is 0 Å². The first-order chi connectivity index (χ1) is 11.4. The van der Waals surface area contributed by atoms with Crippen LogP contribution in [0.5, 0.6) is 11.5 Å². The number of ether oxygens (including phenoxy) is 2. The van der Waals surface area contributed by atoms with Crippen molar-refractivity contribution < 1.29 is 17.9 Å². The molecule has 0 unspecified atom stereocenters. The summed E-state index contributed by atoms with van der Waals surface area (Å²) >= 11 is 3.30. The summed E-state index contributed by atoms with van der Waals surface area (Å²) in [7, 11) is -2.11. The van der Waals surface area contributed by atoms with E-state index in [0.717, 1.165) is 11.3 Å². The van der Waals surface area contributed by atoms with E-state index in [-0.39, 0.29) is 10.9 Å². The molecule has 7 heteroatoms. The second-order valence-corrected chi connectivity index (χ2v) is 7.71. The van der Waals surface area contributed by atoms with Crippen molar-refractivity contribution in [2.45, 2.75) is 24.8 Å². The monoisotopic (exact) mass is 413 g/mol. The van der Waals surface area contributed by atoms with Gasteiger partial charge < -0.3 is 9.47 Å². The fourth-order valence-electron chi connectivity index (χ4n) is 2.20. The van der Waals surface area contributed by atoms with Crippen LogP contribution in [0.4, 0.5) is 0 Å². The highest BCUT2D eigenvalue weighted by atomic mass is 79.9. The Morgan fingerprint density at radius 2 is 1.83 bits per heavy atom. The highest BCUT2D eigenvalue weighted by molar-refractivity contribution is 9.10. The Morgan fingerprint density at radius 1 is 1.17 bits per heavy atom. The van der Waals surface area contributed by atoms with E-state index in [2.05, 4.69) is 20.7 Å². The molecule has 130 valence electrons. The molecule has 0 aromatic heterocycles. The molecule has 0 bridgehead atoms. The maximum Gasteiger partial charge on any atom is 0.241 e. The molecule has 0 saturated heterocycles. The molecule has 5 nitrogen and oxygen atoms in total. The van der Waals surface area contributed by atoms with Gasteiger partial charge in [-0.05, 0) is 65.7 Å². The van der Waals surface area contributed by atoms with E-state index in [4.69, 9.17) is 9.47 Å². The average molecular weight is 414 g/mol. The number of sulfonamides is 1. The van der Waals surface area contributed by atoms with Crippen LogP contribution >= 0.6 is 15.9 Å². The number of hydrogen-bond donors (Lipinski definition) is 1. The van der Waals surface area contributed by atoms with E-state index < -0.39 is 10.0 Å². The first kappa shape index (κ1) is 18.8. The van der Waals surface area contributed by atoms with Crippen molar-refractivity contribution in [3.8, 4) is 11.5 Å². The second-order valence-electron chi connectivity index (χ2n) is 5.14. The van der Waals surface area contributed by atoms with Crippen LogP contribution in [0.3, 0.4) is 0 Å². The molecule has 1 N–H and O–H groups in total. The lowest BCUT2D eigenvalue weighted by atomic mass is 10.1. The molecule has 2 rings (SSSR count). The van der Waals surface area contributed by atoms with Gasteiger partial charge in [-0.1, -0.05) is 12.1 Å². The third kappa shape index (κ3) is 4.49. The van der Waals surface area contributed by atoms with Crippen molar-refractivity contribution in [2.24, 2.45) is 0 Å². The summed E-state index contributed by atoms with van der Waals surface area (Å²) in [6.07, 6.45) is 0. The van der Waals surface area contributed by atoms with Gasteiger partial charge in [0.1, 0.15) is 11.5 Å². The van der Waals surface area contributed by atoms with Crippen LogP contribution in [0.2, 0.25) is 0 Å². The maximum atomic E-state index is 12.5. The third-order valence-electron chi connectivity index (χ3n) is 3.46. The van der Waals surface area contributed by atoms with E-state index >= 15 is 0 Å². The molecule has 0 aliphatic heterocycles. The van der Waals surface area contributed by atoms with Crippen LogP contribution < -0.4 is 14.2 Å². The van der Waals surface area contributed by atoms with Gasteiger partial charge >= 0.3 is 0 Å². The molecule has 0 spiro atoms. The van der Waals surface area contributed by atoms with Gasteiger partial charge in [0.2, 0.25) is 10.0 Å². The van der Waals surface area contributed by atoms with Gasteiger partial charge in [-0.15, -0.1) is 0 Å². The van der Waals surface area contributed by atoms with Crippen LogP contribution in [0.1, 0.15) is 25.5 Å². The zero-order valence-corrected chi connectivity index (χ0v) is 16.1. The predicted octanol–water partition coefficient (Wildman–Crippen LogP) is 3.90. The van der Waals surface area contributed by atoms with Gasteiger partial charge in [-0.25, -0.2) is 13.1 Å². The second kappa shape index (κ2) is 8.00. The standard InChI is InChI=1S/C17H20BrNO4S/c1-4-23-14-7-5-13(6-8-14)12(2)19-24(20,21)15-9-10-17(22-3)16(18)11-15/h5-12,19H,4H2,1-3H3/t12-/m1/s1. The summed E-state index contributed by atoms with van der Waals surface area (Å²) in [5.74, 6) is 1.34. The van der Waals surface area contributed by atoms with Crippen LogP contribution in [0.25, 0.3) is 0 Å². The zero-order chi connectivity index (χ0) is 17.7. The molecule has 0 aliphatic rings.